The predicted octanol–water partition coefficient (Wildman–Crippen LogP) is 4.07. The third-order valence-corrected chi connectivity index (χ3v) is 5.23. The Labute approximate surface area is 178 Å². The Morgan fingerprint density at radius 1 is 1.10 bits per heavy atom. The fourth-order valence-electron chi connectivity index (χ4n) is 2.80. The molecule has 7 nitrogen and oxygen atoms in total. The molecule has 4 rings (SSSR count). The zero-order valence-electron chi connectivity index (χ0n) is 16.2. The van der Waals surface area contributed by atoms with Crippen LogP contribution < -0.4 is 10.1 Å². The second-order valence-electron chi connectivity index (χ2n) is 6.34. The number of nitrogens with one attached hydrogen (secondary N) is 1. The van der Waals surface area contributed by atoms with Crippen molar-refractivity contribution in [3.63, 3.8) is 0 Å². The summed E-state index contributed by atoms with van der Waals surface area (Å²) in [6, 6.07) is 19.0. The van der Waals surface area contributed by atoms with Crippen LogP contribution in [-0.2, 0) is 4.79 Å². The van der Waals surface area contributed by atoms with Gasteiger partial charge in [-0.25, -0.2) is 4.98 Å². The van der Waals surface area contributed by atoms with E-state index in [-0.39, 0.29) is 11.7 Å². The summed E-state index contributed by atoms with van der Waals surface area (Å²) < 4.78 is 7.10. The summed E-state index contributed by atoms with van der Waals surface area (Å²) in [4.78, 5) is 16.2. The van der Waals surface area contributed by atoms with Crippen LogP contribution in [0.2, 0.25) is 0 Å². The van der Waals surface area contributed by atoms with E-state index in [1.54, 1.807) is 25.7 Å². The summed E-state index contributed by atoms with van der Waals surface area (Å²) in [5, 5.41) is 12.1. The van der Waals surface area contributed by atoms with Crippen LogP contribution in [0.3, 0.4) is 0 Å². The topological polar surface area (TPSA) is 81.9 Å². The molecule has 0 spiro atoms. The Kier molecular flexibility index (Phi) is 6.05. The number of nitrogens with zero attached hydrogens (tertiary/aromatic N) is 4. The van der Waals surface area contributed by atoms with Gasteiger partial charge in [-0.2, -0.15) is 0 Å². The van der Waals surface area contributed by atoms with Crippen molar-refractivity contribution in [3.8, 4) is 22.7 Å². The van der Waals surface area contributed by atoms with Gasteiger partial charge in [0.05, 0.1) is 24.9 Å². The van der Waals surface area contributed by atoms with Crippen molar-refractivity contribution in [1.82, 2.24) is 19.7 Å². The Balaban J connectivity index is 1.33. The van der Waals surface area contributed by atoms with Crippen LogP contribution in [0.4, 0.5) is 5.69 Å². The smallest absolute Gasteiger partial charge is 0.234 e. The lowest BCUT2D eigenvalue weighted by Gasteiger charge is -2.07. The summed E-state index contributed by atoms with van der Waals surface area (Å²) in [5.74, 6) is 0.819. The molecule has 0 saturated carbocycles. The van der Waals surface area contributed by atoms with Crippen LogP contribution >= 0.6 is 11.8 Å². The second-order valence-corrected chi connectivity index (χ2v) is 7.34. The summed E-state index contributed by atoms with van der Waals surface area (Å²) >= 11 is 1.34. The Bertz CT molecular complexity index is 1110. The maximum Gasteiger partial charge on any atom is 0.234 e. The number of carbonyl (C=O) groups is 1. The highest BCUT2D eigenvalue weighted by Crippen LogP contribution is 2.22. The fourth-order valence-corrected chi connectivity index (χ4v) is 3.42. The molecule has 1 N–H and O–H groups in total. The first-order valence-electron chi connectivity index (χ1n) is 9.20. The van der Waals surface area contributed by atoms with Crippen molar-refractivity contribution in [2.75, 3.05) is 18.2 Å². The minimum Gasteiger partial charge on any atom is -0.497 e. The number of benzene rings is 2. The third-order valence-electron chi connectivity index (χ3n) is 4.31. The van der Waals surface area contributed by atoms with Gasteiger partial charge < -0.3 is 14.6 Å². The van der Waals surface area contributed by atoms with Crippen LogP contribution in [-0.4, -0.2) is 38.5 Å². The van der Waals surface area contributed by atoms with E-state index in [0.29, 0.717) is 16.5 Å². The van der Waals surface area contributed by atoms with Gasteiger partial charge in [0.1, 0.15) is 10.8 Å². The number of imidazole rings is 1. The standard InChI is InChI=1S/C22H19N5O2S/c1-29-19-4-2-3-17(13-19)24-21(28)14-30-22-10-9-20(25-26-22)16-5-7-18(8-6-16)27-12-11-23-15-27/h2-13,15H,14H2,1H3,(H,24,28). The van der Waals surface area contributed by atoms with Crippen LogP contribution in [0.5, 0.6) is 5.75 Å². The molecular formula is C22H19N5O2S. The molecule has 0 saturated heterocycles. The monoisotopic (exact) mass is 417 g/mol. The third kappa shape index (κ3) is 4.84. The van der Waals surface area contributed by atoms with E-state index in [4.69, 9.17) is 4.74 Å². The molecule has 4 aromatic rings. The molecule has 0 aliphatic rings. The molecule has 150 valence electrons. The van der Waals surface area contributed by atoms with E-state index < -0.39 is 0 Å². The van der Waals surface area contributed by atoms with Crippen molar-refractivity contribution >= 4 is 23.4 Å². The molecule has 0 fully saturated rings. The molecule has 8 heteroatoms. The highest BCUT2D eigenvalue weighted by Gasteiger charge is 2.07. The van der Waals surface area contributed by atoms with E-state index in [9.17, 15) is 4.79 Å². The number of hydrogen-bond donors (Lipinski definition) is 1. The molecule has 2 aromatic carbocycles. The van der Waals surface area contributed by atoms with E-state index in [2.05, 4.69) is 20.5 Å². The number of anilines is 1. The number of rotatable bonds is 7. The summed E-state index contributed by atoms with van der Waals surface area (Å²) in [7, 11) is 1.59. The number of carbonyl (C=O) groups excluding carboxylic acids is 1. The van der Waals surface area contributed by atoms with Gasteiger partial charge in [-0.1, -0.05) is 30.0 Å². The Hall–Kier alpha value is -3.65. The molecule has 0 aliphatic heterocycles. The van der Waals surface area contributed by atoms with Crippen LogP contribution in [0.1, 0.15) is 0 Å². The largest absolute Gasteiger partial charge is 0.497 e. The number of ether oxygens (including phenoxy) is 1. The zero-order valence-corrected chi connectivity index (χ0v) is 17.0. The van der Waals surface area contributed by atoms with E-state index in [1.807, 2.05) is 65.4 Å². The average molecular weight is 417 g/mol. The van der Waals surface area contributed by atoms with Gasteiger partial charge in [-0.05, 0) is 36.4 Å². The number of methoxy groups -OCH3 is 1. The summed E-state index contributed by atoms with van der Waals surface area (Å²) in [6.45, 7) is 0. The van der Waals surface area contributed by atoms with Gasteiger partial charge in [0.2, 0.25) is 5.91 Å². The van der Waals surface area contributed by atoms with Crippen molar-refractivity contribution in [3.05, 3.63) is 79.4 Å². The second kappa shape index (κ2) is 9.23. The number of hydrogen-bond acceptors (Lipinski definition) is 6. The Morgan fingerprint density at radius 3 is 2.67 bits per heavy atom. The fraction of sp³-hybridized carbons (Fsp3) is 0.0909. The van der Waals surface area contributed by atoms with Crippen molar-refractivity contribution < 1.29 is 9.53 Å². The molecule has 0 unspecified atom stereocenters. The lowest BCUT2D eigenvalue weighted by Crippen LogP contribution is -2.14. The average Bonchev–Trinajstić information content (AvgIpc) is 3.33. The molecule has 1 amide bonds. The number of aromatic nitrogens is 4. The van der Waals surface area contributed by atoms with Gasteiger partial charge in [0, 0.05) is 35.4 Å². The highest BCUT2D eigenvalue weighted by molar-refractivity contribution is 7.99. The van der Waals surface area contributed by atoms with E-state index in [0.717, 1.165) is 16.9 Å². The maximum absolute atomic E-state index is 12.2. The molecule has 2 aromatic heterocycles. The summed E-state index contributed by atoms with van der Waals surface area (Å²) in [6.07, 6.45) is 5.39. The van der Waals surface area contributed by atoms with Crippen molar-refractivity contribution in [1.29, 1.82) is 0 Å². The van der Waals surface area contributed by atoms with Gasteiger partial charge in [0.25, 0.3) is 0 Å². The SMILES string of the molecule is COc1cccc(NC(=O)CSc2ccc(-c3ccc(-n4ccnc4)cc3)nn2)c1. The van der Waals surface area contributed by atoms with E-state index >= 15 is 0 Å². The number of amides is 1. The lowest BCUT2D eigenvalue weighted by molar-refractivity contribution is -0.113. The van der Waals surface area contributed by atoms with E-state index in [1.165, 1.54) is 11.8 Å². The molecule has 30 heavy (non-hydrogen) atoms. The van der Waals surface area contributed by atoms with Gasteiger partial charge in [-0.3, -0.25) is 4.79 Å². The van der Waals surface area contributed by atoms with Crippen LogP contribution in [0.25, 0.3) is 16.9 Å². The lowest BCUT2D eigenvalue weighted by atomic mass is 10.1. The molecule has 2 heterocycles. The molecule has 0 radical (unpaired) electrons. The van der Waals surface area contributed by atoms with Gasteiger partial charge in [-0.15, -0.1) is 10.2 Å². The first kappa shape index (κ1) is 19.7. The molecule has 0 bridgehead atoms. The first-order chi connectivity index (χ1) is 14.7. The minimum absolute atomic E-state index is 0.116. The minimum atomic E-state index is -0.116. The normalized spacial score (nSPS) is 10.6. The molecule has 0 atom stereocenters. The number of thioether (sulfide) groups is 1. The van der Waals surface area contributed by atoms with Crippen molar-refractivity contribution in [2.45, 2.75) is 5.03 Å². The Morgan fingerprint density at radius 2 is 1.97 bits per heavy atom. The quantitative estimate of drug-likeness (QED) is 0.457. The highest BCUT2D eigenvalue weighted by atomic mass is 32.2. The molecular weight excluding hydrogens is 398 g/mol. The van der Waals surface area contributed by atoms with Gasteiger partial charge in [0.15, 0.2) is 0 Å². The van der Waals surface area contributed by atoms with Gasteiger partial charge >= 0.3 is 0 Å². The zero-order chi connectivity index (χ0) is 20.8. The predicted molar refractivity (Wildman–Crippen MR) is 117 cm³/mol. The molecule has 0 aliphatic carbocycles. The summed E-state index contributed by atoms with van der Waals surface area (Å²) in [5.41, 5.74) is 3.47. The van der Waals surface area contributed by atoms with Crippen LogP contribution in [0.15, 0.2) is 84.4 Å². The van der Waals surface area contributed by atoms with Crippen molar-refractivity contribution in [2.24, 2.45) is 0 Å². The van der Waals surface area contributed by atoms with Crippen LogP contribution in [0, 0.1) is 0 Å². The maximum atomic E-state index is 12.2. The first-order valence-corrected chi connectivity index (χ1v) is 10.2.